The van der Waals surface area contributed by atoms with E-state index in [4.69, 9.17) is 9.47 Å². The number of hydrogen-bond acceptors (Lipinski definition) is 5. The molecule has 1 aromatic carbocycles. The second-order valence-electron chi connectivity index (χ2n) is 4.85. The number of aliphatic imine (C=N–C) groups is 1. The predicted molar refractivity (Wildman–Crippen MR) is 99.5 cm³/mol. The molecule has 0 N–H and O–H groups in total. The number of fused-ring (bicyclic) bond motifs is 1. The lowest BCUT2D eigenvalue weighted by Crippen LogP contribution is -2.30. The number of ether oxygens (including phenoxy) is 2. The van der Waals surface area contributed by atoms with Crippen molar-refractivity contribution < 1.29 is 14.3 Å². The number of carbonyl (C=O) groups excluding carboxylic acids is 1. The van der Waals surface area contributed by atoms with Gasteiger partial charge < -0.3 is 9.47 Å². The molecule has 1 aliphatic rings. The molecule has 1 amide bonds. The van der Waals surface area contributed by atoms with E-state index in [-0.39, 0.29) is 12.7 Å². The summed E-state index contributed by atoms with van der Waals surface area (Å²) in [7, 11) is 0. The van der Waals surface area contributed by atoms with E-state index in [1.54, 1.807) is 34.9 Å². The van der Waals surface area contributed by atoms with E-state index < -0.39 is 0 Å². The largest absolute Gasteiger partial charge is 0.454 e. The SMILES string of the molecule is C=C/C=C(\N=C)N(CCSC)C(=O)/C=C/c1ccc2c(c1)OCO2. The van der Waals surface area contributed by atoms with Crippen molar-refractivity contribution in [3.05, 3.63) is 54.4 Å². The second kappa shape index (κ2) is 8.98. The maximum absolute atomic E-state index is 12.5. The molecular weight excluding hydrogens is 324 g/mol. The monoisotopic (exact) mass is 344 g/mol. The number of carbonyl (C=O) groups is 1. The summed E-state index contributed by atoms with van der Waals surface area (Å²) in [6.07, 6.45) is 8.50. The van der Waals surface area contributed by atoms with Crippen LogP contribution in [0.4, 0.5) is 0 Å². The Morgan fingerprint density at radius 1 is 1.42 bits per heavy atom. The minimum atomic E-state index is -0.165. The van der Waals surface area contributed by atoms with Gasteiger partial charge in [0.05, 0.1) is 0 Å². The molecule has 6 heteroatoms. The van der Waals surface area contributed by atoms with E-state index >= 15 is 0 Å². The highest BCUT2D eigenvalue weighted by Gasteiger charge is 2.15. The Kier molecular flexibility index (Phi) is 6.69. The summed E-state index contributed by atoms with van der Waals surface area (Å²) in [6.45, 7) is 7.95. The van der Waals surface area contributed by atoms with E-state index in [9.17, 15) is 4.79 Å². The van der Waals surface area contributed by atoms with Crippen LogP contribution in [0.25, 0.3) is 6.08 Å². The van der Waals surface area contributed by atoms with Crippen LogP contribution in [0.5, 0.6) is 11.5 Å². The van der Waals surface area contributed by atoms with E-state index in [2.05, 4.69) is 18.3 Å². The normalized spacial score (nSPS) is 13.1. The Bertz CT molecular complexity index is 683. The van der Waals surface area contributed by atoms with E-state index in [0.717, 1.165) is 11.3 Å². The number of nitrogens with zero attached hydrogens (tertiary/aromatic N) is 2. The number of hydrogen-bond donors (Lipinski definition) is 0. The van der Waals surface area contributed by atoms with E-state index in [1.165, 1.54) is 6.08 Å². The summed E-state index contributed by atoms with van der Waals surface area (Å²) in [5.74, 6) is 2.52. The van der Waals surface area contributed by atoms with Crippen molar-refractivity contribution in [1.82, 2.24) is 4.90 Å². The molecule has 0 aliphatic carbocycles. The van der Waals surface area contributed by atoms with Crippen molar-refractivity contribution in [1.29, 1.82) is 0 Å². The first-order valence-electron chi connectivity index (χ1n) is 7.37. The van der Waals surface area contributed by atoms with Crippen molar-refractivity contribution in [3.63, 3.8) is 0 Å². The van der Waals surface area contributed by atoms with Crippen molar-refractivity contribution in [2.24, 2.45) is 4.99 Å². The van der Waals surface area contributed by atoms with Crippen LogP contribution in [-0.2, 0) is 4.79 Å². The summed E-state index contributed by atoms with van der Waals surface area (Å²) in [5, 5.41) is 0. The summed E-state index contributed by atoms with van der Waals surface area (Å²) in [6, 6.07) is 5.53. The molecule has 1 aliphatic heterocycles. The lowest BCUT2D eigenvalue weighted by molar-refractivity contribution is -0.123. The van der Waals surface area contributed by atoms with Crippen LogP contribution in [-0.4, -0.2) is 42.9 Å². The van der Waals surface area contributed by atoms with Gasteiger partial charge in [0.1, 0.15) is 5.82 Å². The minimum Gasteiger partial charge on any atom is -0.454 e. The fraction of sp³-hybridized carbons (Fsp3) is 0.222. The Balaban J connectivity index is 2.15. The quantitative estimate of drug-likeness (QED) is 0.412. The van der Waals surface area contributed by atoms with Crippen LogP contribution in [0.2, 0.25) is 0 Å². The van der Waals surface area contributed by atoms with Gasteiger partial charge in [0.2, 0.25) is 6.79 Å². The zero-order valence-electron chi connectivity index (χ0n) is 13.6. The van der Waals surface area contributed by atoms with Crippen LogP contribution in [0.15, 0.2) is 53.8 Å². The zero-order valence-corrected chi connectivity index (χ0v) is 14.4. The molecule has 24 heavy (non-hydrogen) atoms. The number of thioether (sulfide) groups is 1. The van der Waals surface area contributed by atoms with Crippen LogP contribution >= 0.6 is 11.8 Å². The molecule has 0 bridgehead atoms. The van der Waals surface area contributed by atoms with Crippen LogP contribution in [0, 0.1) is 0 Å². The molecule has 126 valence electrons. The van der Waals surface area contributed by atoms with Gasteiger partial charge in [-0.15, -0.1) is 0 Å². The van der Waals surface area contributed by atoms with Gasteiger partial charge in [-0.2, -0.15) is 11.8 Å². The van der Waals surface area contributed by atoms with Gasteiger partial charge in [-0.3, -0.25) is 9.69 Å². The van der Waals surface area contributed by atoms with E-state index in [1.807, 2.05) is 24.5 Å². The van der Waals surface area contributed by atoms with Gasteiger partial charge in [0.25, 0.3) is 5.91 Å². The van der Waals surface area contributed by atoms with Gasteiger partial charge >= 0.3 is 0 Å². The first-order valence-corrected chi connectivity index (χ1v) is 8.76. The third-order valence-electron chi connectivity index (χ3n) is 3.31. The molecule has 0 fully saturated rings. The summed E-state index contributed by atoms with van der Waals surface area (Å²) in [5.41, 5.74) is 0.859. The Morgan fingerprint density at radius 3 is 2.92 bits per heavy atom. The Morgan fingerprint density at radius 2 is 2.21 bits per heavy atom. The Hall–Kier alpha value is -2.47. The lowest BCUT2D eigenvalue weighted by Gasteiger charge is -2.20. The molecule has 0 saturated heterocycles. The van der Waals surface area contributed by atoms with Crippen LogP contribution < -0.4 is 9.47 Å². The number of benzene rings is 1. The lowest BCUT2D eigenvalue weighted by atomic mass is 10.2. The summed E-state index contributed by atoms with van der Waals surface area (Å²) in [4.78, 5) is 18.0. The highest BCUT2D eigenvalue weighted by molar-refractivity contribution is 7.98. The molecule has 0 saturated carbocycles. The maximum Gasteiger partial charge on any atom is 0.252 e. The number of amides is 1. The third-order valence-corrected chi connectivity index (χ3v) is 3.90. The van der Waals surface area contributed by atoms with Crippen molar-refractivity contribution in [3.8, 4) is 11.5 Å². The van der Waals surface area contributed by atoms with Gasteiger partial charge in [0.15, 0.2) is 11.5 Å². The average Bonchev–Trinajstić information content (AvgIpc) is 3.06. The smallest absolute Gasteiger partial charge is 0.252 e. The molecule has 0 atom stereocenters. The first kappa shape index (κ1) is 17.9. The number of allylic oxidation sites excluding steroid dienone is 2. The molecular formula is C18H20N2O3S. The van der Waals surface area contributed by atoms with E-state index in [0.29, 0.717) is 23.9 Å². The van der Waals surface area contributed by atoms with Crippen molar-refractivity contribution in [2.75, 3.05) is 25.3 Å². The van der Waals surface area contributed by atoms with Crippen LogP contribution in [0.1, 0.15) is 5.56 Å². The molecule has 5 nitrogen and oxygen atoms in total. The maximum atomic E-state index is 12.5. The minimum absolute atomic E-state index is 0.165. The molecule has 0 radical (unpaired) electrons. The van der Waals surface area contributed by atoms with Crippen molar-refractivity contribution >= 4 is 30.5 Å². The fourth-order valence-corrected chi connectivity index (χ4v) is 2.49. The van der Waals surface area contributed by atoms with Crippen molar-refractivity contribution in [2.45, 2.75) is 0 Å². The topological polar surface area (TPSA) is 51.1 Å². The fourth-order valence-electron chi connectivity index (χ4n) is 2.13. The Labute approximate surface area is 146 Å². The van der Waals surface area contributed by atoms with Gasteiger partial charge in [-0.1, -0.05) is 18.7 Å². The summed E-state index contributed by atoms with van der Waals surface area (Å²) >= 11 is 1.66. The molecule has 1 heterocycles. The average molecular weight is 344 g/mol. The standard InChI is InChI=1S/C18H20N2O3S/c1-4-5-17(19-2)20(10-11-24-3)18(21)9-7-14-6-8-15-16(12-14)23-13-22-15/h4-9,12H,1-2,10-11,13H2,3H3/b9-7+,17-5+. The molecule has 0 unspecified atom stereocenters. The van der Waals surface area contributed by atoms with Crippen LogP contribution in [0.3, 0.4) is 0 Å². The molecule has 1 aromatic rings. The predicted octanol–water partition coefficient (Wildman–Crippen LogP) is 3.35. The first-order chi connectivity index (χ1) is 11.7. The summed E-state index contributed by atoms with van der Waals surface area (Å²) < 4.78 is 10.6. The van der Waals surface area contributed by atoms with Gasteiger partial charge in [-0.05, 0) is 42.8 Å². The highest BCUT2D eigenvalue weighted by atomic mass is 32.2. The third kappa shape index (κ3) is 4.52. The number of rotatable bonds is 8. The molecule has 2 rings (SSSR count). The second-order valence-corrected chi connectivity index (χ2v) is 5.83. The van der Waals surface area contributed by atoms with Gasteiger partial charge in [0, 0.05) is 18.4 Å². The molecule has 0 aromatic heterocycles. The molecule has 0 spiro atoms. The van der Waals surface area contributed by atoms with Gasteiger partial charge in [-0.25, -0.2) is 4.99 Å². The highest BCUT2D eigenvalue weighted by Crippen LogP contribution is 2.32. The zero-order chi connectivity index (χ0) is 17.4.